The van der Waals surface area contributed by atoms with E-state index >= 15 is 0 Å². The molecule has 0 radical (unpaired) electrons. The number of aryl methyl sites for hydroxylation is 1. The molecule has 100 valence electrons. The number of hydrogen-bond acceptors (Lipinski definition) is 2. The van der Waals surface area contributed by atoms with E-state index in [2.05, 4.69) is 0 Å². The van der Waals surface area contributed by atoms with Crippen molar-refractivity contribution in [2.45, 2.75) is 13.0 Å². The fraction of sp³-hybridized carbons (Fsp3) is 0.200. The van der Waals surface area contributed by atoms with Crippen LogP contribution in [0.3, 0.4) is 0 Å². The number of ether oxygens (including phenoxy) is 1. The first kappa shape index (κ1) is 13.5. The minimum absolute atomic E-state index is 0.0981. The Morgan fingerprint density at radius 3 is 2.42 bits per heavy atom. The van der Waals surface area contributed by atoms with E-state index in [1.807, 2.05) is 6.07 Å². The molecule has 2 aromatic carbocycles. The fourth-order valence-corrected chi connectivity index (χ4v) is 1.70. The Labute approximate surface area is 110 Å². The number of benzene rings is 2. The Bertz CT molecular complexity index is 556. The van der Waals surface area contributed by atoms with Crippen LogP contribution in [0.15, 0.2) is 42.5 Å². The van der Waals surface area contributed by atoms with E-state index in [1.54, 1.807) is 24.3 Å². The van der Waals surface area contributed by atoms with Crippen molar-refractivity contribution in [1.82, 2.24) is 0 Å². The normalized spacial score (nSPS) is 12.2. The van der Waals surface area contributed by atoms with Gasteiger partial charge in [-0.05, 0) is 24.6 Å². The molecule has 1 unspecified atom stereocenters. The molecule has 1 atom stereocenters. The molecule has 0 spiro atoms. The van der Waals surface area contributed by atoms with Gasteiger partial charge in [0.25, 0.3) is 0 Å². The monoisotopic (exact) mass is 264 g/mol. The van der Waals surface area contributed by atoms with Crippen LogP contribution >= 0.6 is 0 Å². The lowest BCUT2D eigenvalue weighted by atomic mass is 10.1. The highest BCUT2D eigenvalue weighted by molar-refractivity contribution is 5.27. The Balaban J connectivity index is 2.08. The van der Waals surface area contributed by atoms with Crippen molar-refractivity contribution in [2.24, 2.45) is 0 Å². The van der Waals surface area contributed by atoms with Crippen LogP contribution in [0.4, 0.5) is 8.78 Å². The zero-order valence-corrected chi connectivity index (χ0v) is 10.4. The predicted octanol–water partition coefficient (Wildman–Crippen LogP) is 3.39. The number of para-hydroxylation sites is 1. The van der Waals surface area contributed by atoms with Crippen molar-refractivity contribution in [3.8, 4) is 5.75 Å². The minimum atomic E-state index is -1.21. The molecule has 0 fully saturated rings. The van der Waals surface area contributed by atoms with E-state index in [0.717, 1.165) is 0 Å². The lowest BCUT2D eigenvalue weighted by molar-refractivity contribution is 0.104. The average Bonchev–Trinajstić information content (AvgIpc) is 2.43. The van der Waals surface area contributed by atoms with E-state index in [0.29, 0.717) is 5.75 Å². The van der Waals surface area contributed by atoms with E-state index in [4.69, 9.17) is 4.74 Å². The molecule has 2 nitrogen and oxygen atoms in total. The Morgan fingerprint density at radius 2 is 1.74 bits per heavy atom. The van der Waals surface area contributed by atoms with Crippen molar-refractivity contribution < 1.29 is 18.6 Å². The molecule has 2 rings (SSSR count). The first-order valence-corrected chi connectivity index (χ1v) is 5.90. The molecule has 0 saturated carbocycles. The third kappa shape index (κ3) is 3.09. The highest BCUT2D eigenvalue weighted by Gasteiger charge is 2.18. The summed E-state index contributed by atoms with van der Waals surface area (Å²) < 4.78 is 32.3. The molecule has 0 heterocycles. The SMILES string of the molecule is Cc1ccc(C(O)COc2ccccc2)c(F)c1F. The number of aliphatic hydroxyl groups is 1. The molecule has 0 amide bonds. The van der Waals surface area contributed by atoms with Crippen LogP contribution in [0, 0.1) is 18.6 Å². The van der Waals surface area contributed by atoms with Crippen LogP contribution in [0.1, 0.15) is 17.2 Å². The van der Waals surface area contributed by atoms with Gasteiger partial charge in [-0.15, -0.1) is 0 Å². The molecule has 0 saturated heterocycles. The van der Waals surface area contributed by atoms with Crippen LogP contribution in [0.25, 0.3) is 0 Å². The third-order valence-electron chi connectivity index (χ3n) is 2.82. The summed E-state index contributed by atoms with van der Waals surface area (Å²) in [5.74, 6) is -1.39. The summed E-state index contributed by atoms with van der Waals surface area (Å²) in [5, 5.41) is 9.85. The zero-order chi connectivity index (χ0) is 13.8. The molecule has 19 heavy (non-hydrogen) atoms. The Morgan fingerprint density at radius 1 is 1.05 bits per heavy atom. The number of aliphatic hydroxyl groups excluding tert-OH is 1. The van der Waals surface area contributed by atoms with Crippen molar-refractivity contribution >= 4 is 0 Å². The standard InChI is InChI=1S/C15H14F2O2/c1-10-7-8-12(15(17)14(10)16)13(18)9-19-11-5-3-2-4-6-11/h2-8,13,18H,9H2,1H3. The summed E-state index contributed by atoms with van der Waals surface area (Å²) in [6.07, 6.45) is -1.21. The van der Waals surface area contributed by atoms with Gasteiger partial charge in [0, 0.05) is 5.56 Å². The molecule has 0 bridgehead atoms. The molecular weight excluding hydrogens is 250 g/mol. The average molecular weight is 264 g/mol. The fourth-order valence-electron chi connectivity index (χ4n) is 1.70. The topological polar surface area (TPSA) is 29.5 Å². The van der Waals surface area contributed by atoms with Crippen LogP contribution in [0.2, 0.25) is 0 Å². The number of halogens is 2. The smallest absolute Gasteiger partial charge is 0.165 e. The van der Waals surface area contributed by atoms with E-state index in [9.17, 15) is 13.9 Å². The van der Waals surface area contributed by atoms with Crippen molar-refractivity contribution in [2.75, 3.05) is 6.61 Å². The predicted molar refractivity (Wildman–Crippen MR) is 68.0 cm³/mol. The second-order valence-corrected chi connectivity index (χ2v) is 4.24. The van der Waals surface area contributed by atoms with Crippen molar-refractivity contribution in [3.05, 3.63) is 65.2 Å². The number of rotatable bonds is 4. The summed E-state index contributed by atoms with van der Waals surface area (Å²) >= 11 is 0. The largest absolute Gasteiger partial charge is 0.491 e. The lowest BCUT2D eigenvalue weighted by Crippen LogP contribution is -2.12. The van der Waals surface area contributed by atoms with E-state index in [-0.39, 0.29) is 17.7 Å². The Kier molecular flexibility index (Phi) is 4.12. The summed E-state index contributed by atoms with van der Waals surface area (Å²) in [6, 6.07) is 11.6. The molecule has 0 aliphatic rings. The van der Waals surface area contributed by atoms with Gasteiger partial charge < -0.3 is 9.84 Å². The lowest BCUT2D eigenvalue weighted by Gasteiger charge is -2.14. The Hall–Kier alpha value is -1.94. The van der Waals surface area contributed by atoms with Crippen LogP contribution in [0.5, 0.6) is 5.75 Å². The molecule has 2 aromatic rings. The maximum absolute atomic E-state index is 13.6. The summed E-state index contributed by atoms with van der Waals surface area (Å²) in [4.78, 5) is 0. The van der Waals surface area contributed by atoms with Crippen molar-refractivity contribution in [3.63, 3.8) is 0 Å². The van der Waals surface area contributed by atoms with Crippen molar-refractivity contribution in [1.29, 1.82) is 0 Å². The van der Waals surface area contributed by atoms with Crippen LogP contribution in [-0.4, -0.2) is 11.7 Å². The molecule has 0 aromatic heterocycles. The third-order valence-corrected chi connectivity index (χ3v) is 2.82. The second-order valence-electron chi connectivity index (χ2n) is 4.24. The van der Waals surface area contributed by atoms with Gasteiger partial charge in [0.05, 0.1) is 0 Å². The maximum atomic E-state index is 13.6. The van der Waals surface area contributed by atoms with Gasteiger partial charge >= 0.3 is 0 Å². The highest BCUT2D eigenvalue weighted by Crippen LogP contribution is 2.22. The van der Waals surface area contributed by atoms with Gasteiger partial charge in [-0.3, -0.25) is 0 Å². The summed E-state index contributed by atoms with van der Waals surface area (Å²) in [6.45, 7) is 1.33. The van der Waals surface area contributed by atoms with Gasteiger partial charge in [-0.25, -0.2) is 8.78 Å². The van der Waals surface area contributed by atoms with Gasteiger partial charge in [0.15, 0.2) is 11.6 Å². The minimum Gasteiger partial charge on any atom is -0.491 e. The maximum Gasteiger partial charge on any atom is 0.165 e. The van der Waals surface area contributed by atoms with Gasteiger partial charge in [-0.1, -0.05) is 30.3 Å². The number of hydrogen-bond donors (Lipinski definition) is 1. The molecule has 0 aliphatic carbocycles. The molecule has 4 heteroatoms. The van der Waals surface area contributed by atoms with Gasteiger partial charge in [0.1, 0.15) is 18.5 Å². The van der Waals surface area contributed by atoms with Crippen LogP contribution in [-0.2, 0) is 0 Å². The van der Waals surface area contributed by atoms with E-state index < -0.39 is 17.7 Å². The molecule has 1 N–H and O–H groups in total. The first-order chi connectivity index (χ1) is 9.09. The van der Waals surface area contributed by atoms with Gasteiger partial charge in [0.2, 0.25) is 0 Å². The van der Waals surface area contributed by atoms with Gasteiger partial charge in [-0.2, -0.15) is 0 Å². The summed E-state index contributed by atoms with van der Waals surface area (Å²) in [7, 11) is 0. The second kappa shape index (κ2) is 5.80. The first-order valence-electron chi connectivity index (χ1n) is 5.90. The van der Waals surface area contributed by atoms with Crippen LogP contribution < -0.4 is 4.74 Å². The quantitative estimate of drug-likeness (QED) is 0.917. The zero-order valence-electron chi connectivity index (χ0n) is 10.4. The molecular formula is C15H14F2O2. The summed E-state index contributed by atoms with van der Waals surface area (Å²) in [5.41, 5.74) is 0.108. The molecule has 0 aliphatic heterocycles. The highest BCUT2D eigenvalue weighted by atomic mass is 19.2. The van der Waals surface area contributed by atoms with E-state index in [1.165, 1.54) is 19.1 Å².